The average Bonchev–Trinajstić information content (AvgIpc) is 2.67. The lowest BCUT2D eigenvalue weighted by atomic mass is 10.0. The van der Waals surface area contributed by atoms with E-state index in [0.29, 0.717) is 0 Å². The molecule has 0 bridgehead atoms. The van der Waals surface area contributed by atoms with E-state index in [9.17, 15) is 5.11 Å². The van der Waals surface area contributed by atoms with Crippen molar-refractivity contribution in [1.82, 2.24) is 9.97 Å². The van der Waals surface area contributed by atoms with Crippen LogP contribution in [0.25, 0.3) is 0 Å². The number of thioether (sulfide) groups is 1. The van der Waals surface area contributed by atoms with Crippen molar-refractivity contribution in [3.63, 3.8) is 0 Å². The molecule has 0 spiro atoms. The highest BCUT2D eigenvalue weighted by Crippen LogP contribution is 2.25. The van der Waals surface area contributed by atoms with Crippen molar-refractivity contribution in [3.8, 4) is 0 Å². The van der Waals surface area contributed by atoms with Gasteiger partial charge in [-0.15, -0.1) is 0 Å². The quantitative estimate of drug-likeness (QED) is 0.805. The molecule has 1 atom stereocenters. The van der Waals surface area contributed by atoms with Gasteiger partial charge in [0.2, 0.25) is 0 Å². The Morgan fingerprint density at radius 1 is 1.17 bits per heavy atom. The van der Waals surface area contributed by atoms with Gasteiger partial charge in [-0.1, -0.05) is 30.3 Å². The zero-order valence-electron chi connectivity index (χ0n) is 13.8. The summed E-state index contributed by atoms with van der Waals surface area (Å²) in [7, 11) is 0. The summed E-state index contributed by atoms with van der Waals surface area (Å²) in [5, 5.41) is 12.7. The van der Waals surface area contributed by atoms with E-state index < -0.39 is 0 Å². The lowest BCUT2D eigenvalue weighted by Crippen LogP contribution is -2.33. The van der Waals surface area contributed by atoms with Crippen LogP contribution in [0.3, 0.4) is 0 Å². The van der Waals surface area contributed by atoms with Gasteiger partial charge in [0.15, 0.2) is 0 Å². The first-order chi connectivity index (χ1) is 11.9. The summed E-state index contributed by atoms with van der Waals surface area (Å²) in [4.78, 5) is 11.1. The van der Waals surface area contributed by atoms with Gasteiger partial charge in [0, 0.05) is 37.3 Å². The molecule has 2 aromatic rings. The highest BCUT2D eigenvalue weighted by atomic mass is 32.2. The summed E-state index contributed by atoms with van der Waals surface area (Å²) in [5.74, 6) is 4.12. The van der Waals surface area contributed by atoms with E-state index in [-0.39, 0.29) is 12.6 Å². The minimum atomic E-state index is 0.137. The highest BCUT2D eigenvalue weighted by Gasteiger charge is 2.15. The topological polar surface area (TPSA) is 61.3 Å². The van der Waals surface area contributed by atoms with Crippen molar-refractivity contribution in [3.05, 3.63) is 48.3 Å². The first-order valence-corrected chi connectivity index (χ1v) is 9.59. The molecule has 0 radical (unpaired) electrons. The predicted molar refractivity (Wildman–Crippen MR) is 101 cm³/mol. The minimum absolute atomic E-state index is 0.137. The van der Waals surface area contributed by atoms with E-state index in [2.05, 4.69) is 32.3 Å². The average molecular weight is 344 g/mol. The van der Waals surface area contributed by atoms with Crippen LogP contribution in [0, 0.1) is 0 Å². The maximum absolute atomic E-state index is 9.18. The van der Waals surface area contributed by atoms with Gasteiger partial charge >= 0.3 is 0 Å². The second-order valence-corrected chi connectivity index (χ2v) is 7.06. The molecule has 2 N–H and O–H groups in total. The lowest BCUT2D eigenvalue weighted by molar-refractivity contribution is 0.281. The van der Waals surface area contributed by atoms with Gasteiger partial charge in [-0.3, -0.25) is 0 Å². The first-order valence-electron chi connectivity index (χ1n) is 8.44. The molecule has 1 fully saturated rings. The third-order valence-corrected chi connectivity index (χ3v) is 5.11. The molecular formula is C18H24N4OS. The van der Waals surface area contributed by atoms with Crippen molar-refractivity contribution in [2.75, 3.05) is 41.4 Å². The Labute approximate surface area is 147 Å². The zero-order chi connectivity index (χ0) is 16.6. The van der Waals surface area contributed by atoms with Crippen molar-refractivity contribution in [2.45, 2.75) is 18.9 Å². The van der Waals surface area contributed by atoms with Crippen LogP contribution in [-0.2, 0) is 0 Å². The summed E-state index contributed by atoms with van der Waals surface area (Å²) < 4.78 is 0. The monoisotopic (exact) mass is 344 g/mol. The van der Waals surface area contributed by atoms with E-state index in [1.807, 2.05) is 36.0 Å². The van der Waals surface area contributed by atoms with Gasteiger partial charge < -0.3 is 15.3 Å². The third kappa shape index (κ3) is 4.61. The van der Waals surface area contributed by atoms with Crippen LogP contribution in [0.2, 0.25) is 0 Å². The number of hydrogen-bond acceptors (Lipinski definition) is 6. The van der Waals surface area contributed by atoms with Gasteiger partial charge in [0.05, 0.1) is 6.04 Å². The van der Waals surface area contributed by atoms with Gasteiger partial charge in [-0.25, -0.2) is 9.97 Å². The molecular weight excluding hydrogens is 320 g/mol. The van der Waals surface area contributed by atoms with Gasteiger partial charge in [0.25, 0.3) is 0 Å². The van der Waals surface area contributed by atoms with E-state index in [4.69, 9.17) is 0 Å². The molecule has 1 aromatic heterocycles. The first kappa shape index (κ1) is 17.0. The molecule has 3 rings (SSSR count). The highest BCUT2D eigenvalue weighted by molar-refractivity contribution is 7.99. The number of benzene rings is 1. The standard InChI is InChI=1S/C18H24N4OS/c23-10-4-7-16(15-5-2-1-3-6-15)21-17-13-18(20-14-19-17)22-8-11-24-12-9-22/h1-3,5-6,13-14,16,23H,4,7-12H2,(H,19,20,21)/t16-/m0/s1. The number of nitrogens with zero attached hydrogens (tertiary/aromatic N) is 3. The number of aliphatic hydroxyl groups excluding tert-OH is 1. The second kappa shape index (κ2) is 8.89. The summed E-state index contributed by atoms with van der Waals surface area (Å²) in [6.45, 7) is 2.27. The van der Waals surface area contributed by atoms with Gasteiger partial charge in [-0.05, 0) is 18.4 Å². The van der Waals surface area contributed by atoms with Crippen LogP contribution in [0.15, 0.2) is 42.7 Å². The molecule has 5 nitrogen and oxygen atoms in total. The Bertz CT molecular complexity index is 619. The Morgan fingerprint density at radius 3 is 2.71 bits per heavy atom. The van der Waals surface area contributed by atoms with Crippen molar-refractivity contribution >= 4 is 23.4 Å². The zero-order valence-corrected chi connectivity index (χ0v) is 14.6. The normalized spacial score (nSPS) is 16.0. The Hall–Kier alpha value is -1.79. The minimum Gasteiger partial charge on any atom is -0.396 e. The molecule has 1 aliphatic rings. The molecule has 1 aromatic carbocycles. The lowest BCUT2D eigenvalue weighted by Gasteiger charge is -2.28. The van der Waals surface area contributed by atoms with Crippen LogP contribution >= 0.6 is 11.8 Å². The molecule has 0 amide bonds. The number of aliphatic hydroxyl groups is 1. The van der Waals surface area contributed by atoms with Crippen LogP contribution in [0.1, 0.15) is 24.4 Å². The number of hydrogen-bond donors (Lipinski definition) is 2. The molecule has 0 saturated carbocycles. The van der Waals surface area contributed by atoms with Crippen LogP contribution < -0.4 is 10.2 Å². The third-order valence-electron chi connectivity index (χ3n) is 4.16. The Balaban J connectivity index is 1.74. The van der Waals surface area contributed by atoms with Crippen molar-refractivity contribution < 1.29 is 5.11 Å². The maximum Gasteiger partial charge on any atom is 0.134 e. The van der Waals surface area contributed by atoms with Crippen molar-refractivity contribution in [1.29, 1.82) is 0 Å². The number of anilines is 2. The Kier molecular flexibility index (Phi) is 6.32. The van der Waals surface area contributed by atoms with Gasteiger partial charge in [-0.2, -0.15) is 11.8 Å². The van der Waals surface area contributed by atoms with Crippen molar-refractivity contribution in [2.24, 2.45) is 0 Å². The Morgan fingerprint density at radius 2 is 1.96 bits per heavy atom. The molecule has 6 heteroatoms. The molecule has 2 heterocycles. The maximum atomic E-state index is 9.18. The van der Waals surface area contributed by atoms with Crippen LogP contribution in [-0.4, -0.2) is 46.3 Å². The van der Waals surface area contributed by atoms with Crippen LogP contribution in [0.4, 0.5) is 11.6 Å². The van der Waals surface area contributed by atoms with E-state index >= 15 is 0 Å². The molecule has 0 unspecified atom stereocenters. The largest absolute Gasteiger partial charge is 0.396 e. The smallest absolute Gasteiger partial charge is 0.134 e. The molecule has 128 valence electrons. The van der Waals surface area contributed by atoms with E-state index in [1.165, 1.54) is 5.56 Å². The van der Waals surface area contributed by atoms with Crippen LogP contribution in [0.5, 0.6) is 0 Å². The summed E-state index contributed by atoms with van der Waals surface area (Å²) in [5.41, 5.74) is 1.21. The summed E-state index contributed by atoms with van der Waals surface area (Å²) in [6.07, 6.45) is 3.25. The predicted octanol–water partition coefficient (Wildman–Crippen LogP) is 2.96. The summed E-state index contributed by atoms with van der Waals surface area (Å²) >= 11 is 1.99. The fourth-order valence-corrected chi connectivity index (χ4v) is 3.78. The van der Waals surface area contributed by atoms with E-state index in [1.54, 1.807) is 6.33 Å². The van der Waals surface area contributed by atoms with Gasteiger partial charge in [0.1, 0.15) is 18.0 Å². The number of nitrogens with one attached hydrogen (secondary N) is 1. The number of aromatic nitrogens is 2. The molecule has 24 heavy (non-hydrogen) atoms. The molecule has 0 aliphatic carbocycles. The SMILES string of the molecule is OCCC[C@H](Nc1cc(N2CCSCC2)ncn1)c1ccccc1. The number of rotatable bonds is 7. The second-order valence-electron chi connectivity index (χ2n) is 5.83. The molecule has 1 aliphatic heterocycles. The fourth-order valence-electron chi connectivity index (χ4n) is 2.87. The molecule has 1 saturated heterocycles. The van der Waals surface area contributed by atoms with E-state index in [0.717, 1.165) is 49.1 Å². The summed E-state index contributed by atoms with van der Waals surface area (Å²) in [6, 6.07) is 12.5. The fraction of sp³-hybridized carbons (Fsp3) is 0.444.